The highest BCUT2D eigenvalue weighted by Crippen LogP contribution is 2.31. The SMILES string of the molecule is Cc1c(-c2noc(C(=O)NCCN3CCCCCC3)n2)oc2ccccc12. The van der Waals surface area contributed by atoms with Gasteiger partial charge in [0.2, 0.25) is 5.82 Å². The molecule has 1 aromatic carbocycles. The molecule has 0 aliphatic carbocycles. The van der Waals surface area contributed by atoms with E-state index < -0.39 is 0 Å². The van der Waals surface area contributed by atoms with Gasteiger partial charge < -0.3 is 19.2 Å². The van der Waals surface area contributed by atoms with Gasteiger partial charge in [0.25, 0.3) is 0 Å². The van der Waals surface area contributed by atoms with Crippen molar-refractivity contribution in [1.29, 1.82) is 0 Å². The second kappa shape index (κ2) is 7.92. The quantitative estimate of drug-likeness (QED) is 0.743. The molecule has 0 saturated carbocycles. The van der Waals surface area contributed by atoms with E-state index >= 15 is 0 Å². The minimum absolute atomic E-state index is 0.0410. The largest absolute Gasteiger partial charge is 0.452 e. The zero-order valence-corrected chi connectivity index (χ0v) is 15.5. The van der Waals surface area contributed by atoms with E-state index in [1.165, 1.54) is 25.7 Å². The van der Waals surface area contributed by atoms with Crippen LogP contribution in [0.3, 0.4) is 0 Å². The van der Waals surface area contributed by atoms with E-state index in [1.54, 1.807) is 0 Å². The number of furan rings is 1. The van der Waals surface area contributed by atoms with Crippen molar-refractivity contribution in [2.75, 3.05) is 26.2 Å². The van der Waals surface area contributed by atoms with Crippen molar-refractivity contribution in [1.82, 2.24) is 20.4 Å². The number of fused-ring (bicyclic) bond motifs is 1. The Morgan fingerprint density at radius 1 is 1.19 bits per heavy atom. The normalized spacial score (nSPS) is 15.7. The van der Waals surface area contributed by atoms with Gasteiger partial charge in [0.1, 0.15) is 5.58 Å². The molecule has 2 aromatic heterocycles. The fourth-order valence-corrected chi connectivity index (χ4v) is 3.56. The molecule has 0 bridgehead atoms. The van der Waals surface area contributed by atoms with Crippen LogP contribution in [0.2, 0.25) is 0 Å². The van der Waals surface area contributed by atoms with Gasteiger partial charge in [0.15, 0.2) is 5.76 Å². The van der Waals surface area contributed by atoms with E-state index in [0.29, 0.717) is 18.1 Å². The molecule has 1 N–H and O–H groups in total. The Morgan fingerprint density at radius 2 is 1.96 bits per heavy atom. The van der Waals surface area contributed by atoms with Crippen LogP contribution in [0.15, 0.2) is 33.2 Å². The van der Waals surface area contributed by atoms with Gasteiger partial charge in [-0.2, -0.15) is 4.98 Å². The topological polar surface area (TPSA) is 84.4 Å². The molecule has 1 aliphatic heterocycles. The Morgan fingerprint density at radius 3 is 2.74 bits per heavy atom. The third-order valence-corrected chi connectivity index (χ3v) is 5.08. The zero-order chi connectivity index (χ0) is 18.6. The molecule has 0 unspecified atom stereocenters. The summed E-state index contributed by atoms with van der Waals surface area (Å²) in [5, 5.41) is 7.79. The second-order valence-corrected chi connectivity index (χ2v) is 6.99. The lowest BCUT2D eigenvalue weighted by Gasteiger charge is -2.19. The highest BCUT2D eigenvalue weighted by atomic mass is 16.5. The van der Waals surface area contributed by atoms with Crippen molar-refractivity contribution in [3.05, 3.63) is 35.7 Å². The highest BCUT2D eigenvalue weighted by Gasteiger charge is 2.21. The number of hydrogen-bond donors (Lipinski definition) is 1. The van der Waals surface area contributed by atoms with Crippen LogP contribution in [0, 0.1) is 6.92 Å². The molecular weight excluding hydrogens is 344 g/mol. The van der Waals surface area contributed by atoms with E-state index in [2.05, 4.69) is 20.4 Å². The summed E-state index contributed by atoms with van der Waals surface area (Å²) in [4.78, 5) is 18.9. The van der Waals surface area contributed by atoms with Crippen LogP contribution in [0.5, 0.6) is 0 Å². The maximum Gasteiger partial charge on any atom is 0.316 e. The average Bonchev–Trinajstić information content (AvgIpc) is 3.20. The summed E-state index contributed by atoms with van der Waals surface area (Å²) in [7, 11) is 0. The molecule has 7 nitrogen and oxygen atoms in total. The predicted molar refractivity (Wildman–Crippen MR) is 101 cm³/mol. The molecule has 27 heavy (non-hydrogen) atoms. The number of rotatable bonds is 5. The lowest BCUT2D eigenvalue weighted by molar-refractivity contribution is 0.0904. The second-order valence-electron chi connectivity index (χ2n) is 6.99. The number of nitrogens with zero attached hydrogens (tertiary/aromatic N) is 3. The molecule has 0 atom stereocenters. The van der Waals surface area contributed by atoms with Gasteiger partial charge in [-0.1, -0.05) is 36.2 Å². The fourth-order valence-electron chi connectivity index (χ4n) is 3.56. The van der Waals surface area contributed by atoms with Crippen LogP contribution < -0.4 is 5.32 Å². The number of benzene rings is 1. The van der Waals surface area contributed by atoms with Crippen molar-refractivity contribution in [2.45, 2.75) is 32.6 Å². The van der Waals surface area contributed by atoms with Gasteiger partial charge in [-0.05, 0) is 38.9 Å². The number of amides is 1. The molecule has 1 saturated heterocycles. The van der Waals surface area contributed by atoms with E-state index in [-0.39, 0.29) is 11.8 Å². The lowest BCUT2D eigenvalue weighted by atomic mass is 10.1. The Kier molecular flexibility index (Phi) is 5.20. The first-order valence-electron chi connectivity index (χ1n) is 9.55. The first-order valence-corrected chi connectivity index (χ1v) is 9.55. The summed E-state index contributed by atoms with van der Waals surface area (Å²) in [6.07, 6.45) is 5.07. The van der Waals surface area contributed by atoms with Crippen molar-refractivity contribution in [2.24, 2.45) is 0 Å². The molecule has 0 radical (unpaired) electrons. The summed E-state index contributed by atoms with van der Waals surface area (Å²) >= 11 is 0. The summed E-state index contributed by atoms with van der Waals surface area (Å²) < 4.78 is 11.0. The first kappa shape index (κ1) is 17.7. The van der Waals surface area contributed by atoms with Crippen LogP contribution in [0.25, 0.3) is 22.6 Å². The molecule has 7 heteroatoms. The fraction of sp³-hybridized carbons (Fsp3) is 0.450. The maximum absolute atomic E-state index is 12.3. The number of aryl methyl sites for hydroxylation is 1. The molecule has 1 aliphatic rings. The monoisotopic (exact) mass is 368 g/mol. The minimum atomic E-state index is -0.350. The van der Waals surface area contributed by atoms with Crippen molar-refractivity contribution in [3.63, 3.8) is 0 Å². The van der Waals surface area contributed by atoms with Crippen LogP contribution >= 0.6 is 0 Å². The summed E-state index contributed by atoms with van der Waals surface area (Å²) in [5.74, 6) is 0.433. The van der Waals surface area contributed by atoms with Crippen molar-refractivity contribution in [3.8, 4) is 11.6 Å². The van der Waals surface area contributed by atoms with Gasteiger partial charge in [-0.25, -0.2) is 0 Å². The van der Waals surface area contributed by atoms with Crippen molar-refractivity contribution >= 4 is 16.9 Å². The van der Waals surface area contributed by atoms with E-state index in [1.807, 2.05) is 31.2 Å². The van der Waals surface area contributed by atoms with Gasteiger partial charge in [0, 0.05) is 24.0 Å². The third kappa shape index (κ3) is 3.88. The van der Waals surface area contributed by atoms with Gasteiger partial charge in [-0.15, -0.1) is 0 Å². The van der Waals surface area contributed by atoms with E-state index in [4.69, 9.17) is 8.94 Å². The van der Waals surface area contributed by atoms with Gasteiger partial charge in [0.05, 0.1) is 0 Å². The zero-order valence-electron chi connectivity index (χ0n) is 15.5. The van der Waals surface area contributed by atoms with Crippen LogP contribution in [-0.2, 0) is 0 Å². The molecule has 4 rings (SSSR count). The number of hydrogen-bond acceptors (Lipinski definition) is 6. The number of aromatic nitrogens is 2. The third-order valence-electron chi connectivity index (χ3n) is 5.08. The molecular formula is C20H24N4O3. The Labute approximate surface area is 157 Å². The molecule has 3 aromatic rings. The molecule has 1 amide bonds. The molecule has 142 valence electrons. The smallest absolute Gasteiger partial charge is 0.316 e. The molecule has 3 heterocycles. The average molecular weight is 368 g/mol. The van der Waals surface area contributed by atoms with E-state index in [0.717, 1.165) is 36.2 Å². The number of nitrogens with one attached hydrogen (secondary N) is 1. The van der Waals surface area contributed by atoms with Crippen molar-refractivity contribution < 1.29 is 13.7 Å². The highest BCUT2D eigenvalue weighted by molar-refractivity contribution is 5.90. The van der Waals surface area contributed by atoms with Crippen LogP contribution in [-0.4, -0.2) is 47.1 Å². The first-order chi connectivity index (χ1) is 13.2. The minimum Gasteiger partial charge on any atom is -0.452 e. The Balaban J connectivity index is 1.39. The van der Waals surface area contributed by atoms with Gasteiger partial charge >= 0.3 is 11.8 Å². The Hall–Kier alpha value is -2.67. The standard InChI is InChI=1S/C20H24N4O3/c1-14-15-8-4-5-9-16(15)26-17(14)18-22-20(27-23-18)19(25)21-10-13-24-11-6-2-3-7-12-24/h4-5,8-9H,2-3,6-7,10-13H2,1H3,(H,21,25). The van der Waals surface area contributed by atoms with E-state index in [9.17, 15) is 4.79 Å². The molecule has 1 fully saturated rings. The maximum atomic E-state index is 12.3. The number of carbonyl (C=O) groups excluding carboxylic acids is 1. The number of carbonyl (C=O) groups is 1. The lowest BCUT2D eigenvalue weighted by Crippen LogP contribution is -2.35. The van der Waals surface area contributed by atoms with Crippen LogP contribution in [0.4, 0.5) is 0 Å². The number of para-hydroxylation sites is 1. The number of likely N-dealkylation sites (tertiary alicyclic amines) is 1. The summed E-state index contributed by atoms with van der Waals surface area (Å²) in [6, 6.07) is 7.74. The predicted octanol–water partition coefficient (Wildman–Crippen LogP) is 3.40. The summed E-state index contributed by atoms with van der Waals surface area (Å²) in [5.41, 5.74) is 1.69. The summed E-state index contributed by atoms with van der Waals surface area (Å²) in [6.45, 7) is 5.56. The van der Waals surface area contributed by atoms with Gasteiger partial charge in [-0.3, -0.25) is 4.79 Å². The van der Waals surface area contributed by atoms with Crippen LogP contribution in [0.1, 0.15) is 41.9 Å². The molecule has 0 spiro atoms. The Bertz CT molecular complexity index is 922.